The van der Waals surface area contributed by atoms with E-state index in [1.54, 1.807) is 16.9 Å². The van der Waals surface area contributed by atoms with Gasteiger partial charge in [0, 0.05) is 30.3 Å². The molecule has 1 saturated heterocycles. The lowest BCUT2D eigenvalue weighted by Crippen LogP contribution is -2.38. The van der Waals surface area contributed by atoms with Crippen LogP contribution in [-0.4, -0.2) is 65.0 Å². The lowest BCUT2D eigenvalue weighted by molar-refractivity contribution is 0.0322. The number of hydrogen-bond acceptors (Lipinski definition) is 7. The average molecular weight is 542 g/mol. The number of morpholine rings is 1. The third-order valence-corrected chi connectivity index (χ3v) is 6.95. The summed E-state index contributed by atoms with van der Waals surface area (Å²) in [6.45, 7) is 5.55. The first kappa shape index (κ1) is 23.0. The Morgan fingerprint density at radius 2 is 1.97 bits per heavy atom. The zero-order valence-corrected chi connectivity index (χ0v) is 20.8. The fourth-order valence-corrected chi connectivity index (χ4v) is 4.83. The summed E-state index contributed by atoms with van der Waals surface area (Å²) in [4.78, 5) is 19.6. The zero-order valence-electron chi connectivity index (χ0n) is 18.4. The van der Waals surface area contributed by atoms with Crippen molar-refractivity contribution in [1.29, 1.82) is 0 Å². The molecule has 0 unspecified atom stereocenters. The molecule has 5 rings (SSSR count). The van der Waals surface area contributed by atoms with Crippen molar-refractivity contribution in [1.82, 2.24) is 19.7 Å². The lowest BCUT2D eigenvalue weighted by atomic mass is 10.2. The summed E-state index contributed by atoms with van der Waals surface area (Å²) >= 11 is 4.85. The molecule has 0 radical (unpaired) electrons. The van der Waals surface area contributed by atoms with Gasteiger partial charge in [-0.05, 0) is 42.0 Å². The highest BCUT2D eigenvalue weighted by Crippen LogP contribution is 2.29. The van der Waals surface area contributed by atoms with Crippen molar-refractivity contribution in [2.45, 2.75) is 6.54 Å². The predicted octanol–water partition coefficient (Wildman–Crippen LogP) is 4.27. The summed E-state index contributed by atoms with van der Waals surface area (Å²) in [7, 11) is 0. The number of carbonyl (C=O) groups is 1. The maximum absolute atomic E-state index is 12.7. The molecular weight excluding hydrogens is 518 g/mol. The van der Waals surface area contributed by atoms with Crippen LogP contribution in [0.1, 0.15) is 16.1 Å². The molecule has 1 N–H and O–H groups in total. The average Bonchev–Trinajstić information content (AvgIpc) is 3.47. The standard InChI is InChI=1S/C24H24BrN5O3S/c25-18-3-1-17(2-4-18)16-30-8-7-21(28-30)23(31)27-24-26-20-6-5-19(15-22(20)34-24)33-14-11-29-9-12-32-13-10-29/h1-8,15H,9-14,16H2,(H,26,27,31). The van der Waals surface area contributed by atoms with Gasteiger partial charge in [0.05, 0.1) is 30.0 Å². The van der Waals surface area contributed by atoms with Crippen LogP contribution in [0.4, 0.5) is 5.13 Å². The second-order valence-corrected chi connectivity index (χ2v) is 9.88. The van der Waals surface area contributed by atoms with E-state index in [-0.39, 0.29) is 5.91 Å². The Kier molecular flexibility index (Phi) is 7.19. The molecule has 0 bridgehead atoms. The topological polar surface area (TPSA) is 81.5 Å². The van der Waals surface area contributed by atoms with Crippen LogP contribution in [0.3, 0.4) is 0 Å². The van der Waals surface area contributed by atoms with E-state index < -0.39 is 0 Å². The molecule has 1 aliphatic rings. The molecule has 0 aliphatic carbocycles. The van der Waals surface area contributed by atoms with Crippen LogP contribution in [0.25, 0.3) is 10.2 Å². The van der Waals surface area contributed by atoms with Gasteiger partial charge in [-0.2, -0.15) is 5.10 Å². The Hall–Kier alpha value is -2.79. The van der Waals surface area contributed by atoms with E-state index in [0.717, 1.165) is 58.9 Å². The Balaban J connectivity index is 1.18. The van der Waals surface area contributed by atoms with Gasteiger partial charge in [0.1, 0.15) is 12.4 Å². The van der Waals surface area contributed by atoms with Gasteiger partial charge in [0.25, 0.3) is 5.91 Å². The van der Waals surface area contributed by atoms with Crippen molar-refractivity contribution in [3.63, 3.8) is 0 Å². The quantitative estimate of drug-likeness (QED) is 0.358. The van der Waals surface area contributed by atoms with E-state index in [0.29, 0.717) is 24.0 Å². The van der Waals surface area contributed by atoms with E-state index in [9.17, 15) is 4.79 Å². The van der Waals surface area contributed by atoms with Crippen molar-refractivity contribution in [3.05, 3.63) is 70.5 Å². The van der Waals surface area contributed by atoms with Crippen LogP contribution in [0, 0.1) is 0 Å². The minimum absolute atomic E-state index is 0.282. The van der Waals surface area contributed by atoms with Crippen molar-refractivity contribution >= 4 is 48.5 Å². The summed E-state index contributed by atoms with van der Waals surface area (Å²) < 4.78 is 15.0. The number of anilines is 1. The number of hydrogen-bond donors (Lipinski definition) is 1. The van der Waals surface area contributed by atoms with Gasteiger partial charge in [-0.1, -0.05) is 39.4 Å². The Morgan fingerprint density at radius 3 is 2.79 bits per heavy atom. The highest BCUT2D eigenvalue weighted by atomic mass is 79.9. The zero-order chi connectivity index (χ0) is 23.3. The SMILES string of the molecule is O=C(Nc1nc2ccc(OCCN3CCOCC3)cc2s1)c1ccn(Cc2ccc(Br)cc2)n1. The van der Waals surface area contributed by atoms with Gasteiger partial charge < -0.3 is 9.47 Å². The molecule has 2 aromatic heterocycles. The number of benzene rings is 2. The normalized spacial score (nSPS) is 14.4. The fraction of sp³-hybridized carbons (Fsp3) is 0.292. The van der Waals surface area contributed by atoms with Crippen molar-refractivity contribution in [2.75, 3.05) is 44.8 Å². The van der Waals surface area contributed by atoms with E-state index in [1.807, 2.05) is 42.5 Å². The highest BCUT2D eigenvalue weighted by Gasteiger charge is 2.14. The number of nitrogens with one attached hydrogen (secondary N) is 1. The van der Waals surface area contributed by atoms with Crippen LogP contribution in [0.15, 0.2) is 59.2 Å². The first-order valence-corrected chi connectivity index (χ1v) is 12.7. The summed E-state index contributed by atoms with van der Waals surface area (Å²) in [6.07, 6.45) is 1.80. The summed E-state index contributed by atoms with van der Waals surface area (Å²) in [6, 6.07) is 15.5. The van der Waals surface area contributed by atoms with Crippen LogP contribution in [-0.2, 0) is 11.3 Å². The largest absolute Gasteiger partial charge is 0.492 e. The number of fused-ring (bicyclic) bond motifs is 1. The van der Waals surface area contributed by atoms with Gasteiger partial charge in [0.2, 0.25) is 0 Å². The number of aromatic nitrogens is 3. The Morgan fingerprint density at radius 1 is 1.15 bits per heavy atom. The number of carbonyl (C=O) groups excluding carboxylic acids is 1. The maximum atomic E-state index is 12.7. The van der Waals surface area contributed by atoms with Crippen LogP contribution >= 0.6 is 27.3 Å². The predicted molar refractivity (Wildman–Crippen MR) is 136 cm³/mol. The van der Waals surface area contributed by atoms with Gasteiger partial charge in [-0.3, -0.25) is 19.7 Å². The Labute approximate surface area is 209 Å². The molecule has 10 heteroatoms. The molecule has 0 saturated carbocycles. The monoisotopic (exact) mass is 541 g/mol. The van der Waals surface area contributed by atoms with Gasteiger partial charge >= 0.3 is 0 Å². The molecule has 34 heavy (non-hydrogen) atoms. The molecule has 0 atom stereocenters. The number of rotatable bonds is 8. The first-order valence-electron chi connectivity index (χ1n) is 11.1. The second kappa shape index (κ2) is 10.6. The van der Waals surface area contributed by atoms with Crippen LogP contribution in [0.5, 0.6) is 5.75 Å². The highest BCUT2D eigenvalue weighted by molar-refractivity contribution is 9.10. The molecule has 2 aromatic carbocycles. The van der Waals surface area contributed by atoms with Crippen LogP contribution < -0.4 is 10.1 Å². The molecule has 1 aliphatic heterocycles. The minimum atomic E-state index is -0.282. The molecule has 1 fully saturated rings. The summed E-state index contributed by atoms with van der Waals surface area (Å²) in [5.74, 6) is 0.518. The van der Waals surface area contributed by atoms with E-state index in [4.69, 9.17) is 9.47 Å². The molecule has 8 nitrogen and oxygen atoms in total. The third-order valence-electron chi connectivity index (χ3n) is 5.49. The van der Waals surface area contributed by atoms with E-state index >= 15 is 0 Å². The molecule has 0 spiro atoms. The number of thiazole rings is 1. The second-order valence-electron chi connectivity index (χ2n) is 7.93. The smallest absolute Gasteiger partial charge is 0.277 e. The van der Waals surface area contributed by atoms with Crippen LogP contribution in [0.2, 0.25) is 0 Å². The van der Waals surface area contributed by atoms with E-state index in [1.165, 1.54) is 11.3 Å². The fourth-order valence-electron chi connectivity index (χ4n) is 3.67. The minimum Gasteiger partial charge on any atom is -0.492 e. The molecule has 3 heterocycles. The Bertz CT molecular complexity index is 1270. The van der Waals surface area contributed by atoms with Gasteiger partial charge in [-0.15, -0.1) is 0 Å². The molecular formula is C24H24BrN5O3S. The summed E-state index contributed by atoms with van der Waals surface area (Å²) in [5.41, 5.74) is 2.28. The maximum Gasteiger partial charge on any atom is 0.277 e. The first-order chi connectivity index (χ1) is 16.6. The van der Waals surface area contributed by atoms with E-state index in [2.05, 4.69) is 36.2 Å². The lowest BCUT2D eigenvalue weighted by Gasteiger charge is -2.26. The van der Waals surface area contributed by atoms with Gasteiger partial charge in [0.15, 0.2) is 10.8 Å². The third kappa shape index (κ3) is 5.82. The number of ether oxygens (including phenoxy) is 2. The van der Waals surface area contributed by atoms with Crippen molar-refractivity contribution in [2.24, 2.45) is 0 Å². The molecule has 176 valence electrons. The van der Waals surface area contributed by atoms with Crippen molar-refractivity contribution in [3.8, 4) is 5.75 Å². The summed E-state index contributed by atoms with van der Waals surface area (Å²) in [5, 5.41) is 7.80. The van der Waals surface area contributed by atoms with Gasteiger partial charge in [-0.25, -0.2) is 4.98 Å². The molecule has 1 amide bonds. The number of amides is 1. The van der Waals surface area contributed by atoms with Crippen molar-refractivity contribution < 1.29 is 14.3 Å². The number of nitrogens with zero attached hydrogens (tertiary/aromatic N) is 4. The number of halogens is 1. The molecule has 4 aromatic rings.